The Bertz CT molecular complexity index is 795. The quantitative estimate of drug-likeness (QED) is 0.585. The molecule has 0 aromatic heterocycles. The zero-order chi connectivity index (χ0) is 19.9. The van der Waals surface area contributed by atoms with Gasteiger partial charge in [-0.05, 0) is 41.5 Å². The van der Waals surface area contributed by atoms with Crippen LogP contribution in [0.25, 0.3) is 0 Å². The number of rotatable bonds is 6. The summed E-state index contributed by atoms with van der Waals surface area (Å²) in [6.07, 6.45) is 1.33. The van der Waals surface area contributed by atoms with E-state index in [1.165, 1.54) is 30.6 Å². The van der Waals surface area contributed by atoms with E-state index in [0.717, 1.165) is 29.8 Å². The van der Waals surface area contributed by atoms with Crippen molar-refractivity contribution in [3.63, 3.8) is 0 Å². The highest BCUT2D eigenvalue weighted by Gasteiger charge is 2.22. The molecule has 2 aromatic carbocycles. The minimum Gasteiger partial charge on any atom is -0.495 e. The highest BCUT2D eigenvalue weighted by atomic mass is 16.5. The molecule has 0 spiro atoms. The summed E-state index contributed by atoms with van der Waals surface area (Å²) in [5, 5.41) is 3.14. The second-order valence-electron chi connectivity index (χ2n) is 7.94. The first-order valence-corrected chi connectivity index (χ1v) is 10.0. The highest BCUT2D eigenvalue weighted by molar-refractivity contribution is 5.93. The van der Waals surface area contributed by atoms with Crippen LogP contribution in [0.2, 0.25) is 0 Å². The number of ether oxygens (including phenoxy) is 1. The van der Waals surface area contributed by atoms with E-state index in [1.54, 1.807) is 7.11 Å². The van der Waals surface area contributed by atoms with Crippen molar-refractivity contribution in [2.24, 2.45) is 22.6 Å². The number of guanidine groups is 1. The molecular weight excluding hydrogens is 348 g/mol. The van der Waals surface area contributed by atoms with Gasteiger partial charge in [0.15, 0.2) is 5.96 Å². The second-order valence-corrected chi connectivity index (χ2v) is 7.94. The minimum absolute atomic E-state index is 0.388. The third-order valence-corrected chi connectivity index (χ3v) is 5.25. The van der Waals surface area contributed by atoms with Crippen molar-refractivity contribution >= 4 is 11.6 Å². The van der Waals surface area contributed by atoms with E-state index in [2.05, 4.69) is 53.3 Å². The number of methoxy groups -OCH3 is 1. The highest BCUT2D eigenvalue weighted by Crippen LogP contribution is 2.24. The molecule has 0 radical (unpaired) electrons. The molecule has 2 atom stereocenters. The number of piperidine rings is 1. The van der Waals surface area contributed by atoms with Gasteiger partial charge < -0.3 is 15.8 Å². The molecule has 0 bridgehead atoms. The maximum atomic E-state index is 6.12. The largest absolute Gasteiger partial charge is 0.495 e. The monoisotopic (exact) mass is 380 g/mol. The molecule has 1 fully saturated rings. The minimum atomic E-state index is 0.388. The van der Waals surface area contributed by atoms with Gasteiger partial charge in [0.25, 0.3) is 0 Å². The van der Waals surface area contributed by atoms with E-state index in [1.807, 2.05) is 24.3 Å². The van der Waals surface area contributed by atoms with Crippen molar-refractivity contribution < 1.29 is 4.74 Å². The van der Waals surface area contributed by atoms with Crippen LogP contribution in [0.5, 0.6) is 5.75 Å². The Morgan fingerprint density at radius 1 is 1.07 bits per heavy atom. The summed E-state index contributed by atoms with van der Waals surface area (Å²) in [5.74, 6) is 2.65. The Labute approximate surface area is 168 Å². The Hall–Kier alpha value is -2.53. The van der Waals surface area contributed by atoms with Crippen LogP contribution in [0.1, 0.15) is 31.4 Å². The lowest BCUT2D eigenvalue weighted by atomic mass is 9.91. The van der Waals surface area contributed by atoms with Gasteiger partial charge in [-0.25, -0.2) is 4.99 Å². The molecule has 5 nitrogen and oxygen atoms in total. The zero-order valence-corrected chi connectivity index (χ0v) is 17.2. The summed E-state index contributed by atoms with van der Waals surface area (Å²) in [7, 11) is 1.65. The van der Waals surface area contributed by atoms with E-state index in [-0.39, 0.29) is 0 Å². The molecule has 150 valence electrons. The molecule has 2 aromatic rings. The molecule has 28 heavy (non-hydrogen) atoms. The lowest BCUT2D eigenvalue weighted by Crippen LogP contribution is -2.38. The van der Waals surface area contributed by atoms with E-state index in [4.69, 9.17) is 10.5 Å². The molecule has 1 aliphatic heterocycles. The third kappa shape index (κ3) is 5.49. The third-order valence-electron chi connectivity index (χ3n) is 5.25. The number of hydrogen-bond donors (Lipinski definition) is 2. The van der Waals surface area contributed by atoms with Crippen molar-refractivity contribution in [1.82, 2.24) is 4.90 Å². The standard InChI is InChI=1S/C23H32N4O/c1-17-12-18(2)15-27(14-17)16-20-9-5-4-8-19(20)13-25-23(24)26-21-10-6-7-11-22(21)28-3/h4-11,17-18H,12-16H2,1-3H3,(H3,24,25,26). The lowest BCUT2D eigenvalue weighted by molar-refractivity contribution is 0.134. The maximum Gasteiger partial charge on any atom is 0.193 e. The summed E-state index contributed by atoms with van der Waals surface area (Å²) in [5.41, 5.74) is 9.49. The molecular formula is C23H32N4O. The van der Waals surface area contributed by atoms with Crippen molar-refractivity contribution in [2.45, 2.75) is 33.4 Å². The van der Waals surface area contributed by atoms with Crippen molar-refractivity contribution in [3.05, 3.63) is 59.7 Å². The fourth-order valence-electron chi connectivity index (χ4n) is 4.12. The van der Waals surface area contributed by atoms with Gasteiger partial charge in [-0.15, -0.1) is 0 Å². The van der Waals surface area contributed by atoms with Crippen LogP contribution in [0.15, 0.2) is 53.5 Å². The molecule has 0 amide bonds. The molecule has 3 rings (SSSR count). The molecule has 1 aliphatic rings. The smallest absolute Gasteiger partial charge is 0.193 e. The number of nitrogens with one attached hydrogen (secondary N) is 1. The molecule has 1 saturated heterocycles. The van der Waals surface area contributed by atoms with Crippen LogP contribution in [0.4, 0.5) is 5.69 Å². The Kier molecular flexibility index (Phi) is 6.93. The van der Waals surface area contributed by atoms with Crippen LogP contribution < -0.4 is 15.8 Å². The number of aliphatic imine (C=N–C) groups is 1. The van der Waals surface area contributed by atoms with Gasteiger partial charge in [0.2, 0.25) is 0 Å². The first kappa shape index (κ1) is 20.2. The first-order valence-electron chi connectivity index (χ1n) is 10.0. The van der Waals surface area contributed by atoms with Gasteiger partial charge in [-0.1, -0.05) is 50.2 Å². The predicted molar refractivity (Wildman–Crippen MR) is 117 cm³/mol. The maximum absolute atomic E-state index is 6.12. The lowest BCUT2D eigenvalue weighted by Gasteiger charge is -2.35. The fourth-order valence-corrected chi connectivity index (χ4v) is 4.12. The zero-order valence-electron chi connectivity index (χ0n) is 17.2. The Morgan fingerprint density at radius 3 is 2.43 bits per heavy atom. The summed E-state index contributed by atoms with van der Waals surface area (Å²) in [6.45, 7) is 8.56. The van der Waals surface area contributed by atoms with Crippen LogP contribution >= 0.6 is 0 Å². The van der Waals surface area contributed by atoms with Gasteiger partial charge in [-0.3, -0.25) is 4.90 Å². The second kappa shape index (κ2) is 9.60. The summed E-state index contributed by atoms with van der Waals surface area (Å²) < 4.78 is 5.35. The number of likely N-dealkylation sites (tertiary alicyclic amines) is 1. The van der Waals surface area contributed by atoms with E-state index >= 15 is 0 Å². The van der Waals surface area contributed by atoms with Crippen molar-refractivity contribution in [3.8, 4) is 5.75 Å². The average molecular weight is 381 g/mol. The summed E-state index contributed by atoms with van der Waals surface area (Å²) in [4.78, 5) is 7.13. The topological polar surface area (TPSA) is 62.9 Å². The van der Waals surface area contributed by atoms with Crippen molar-refractivity contribution in [1.29, 1.82) is 0 Å². The molecule has 0 saturated carbocycles. The van der Waals surface area contributed by atoms with E-state index < -0.39 is 0 Å². The normalized spacial score (nSPS) is 20.8. The van der Waals surface area contributed by atoms with Gasteiger partial charge in [0.05, 0.1) is 19.3 Å². The number of anilines is 1. The molecule has 0 aliphatic carbocycles. The first-order chi connectivity index (χ1) is 13.5. The van der Waals surface area contributed by atoms with E-state index in [0.29, 0.717) is 12.5 Å². The van der Waals surface area contributed by atoms with E-state index in [9.17, 15) is 0 Å². The SMILES string of the molecule is COc1ccccc1NC(N)=NCc1ccccc1CN1CC(C)CC(C)C1. The average Bonchev–Trinajstić information content (AvgIpc) is 2.67. The molecule has 3 N–H and O–H groups in total. The van der Waals surface area contributed by atoms with Gasteiger partial charge in [-0.2, -0.15) is 0 Å². The van der Waals surface area contributed by atoms with Crippen LogP contribution in [0, 0.1) is 11.8 Å². The molecule has 5 heteroatoms. The Morgan fingerprint density at radius 2 is 1.71 bits per heavy atom. The van der Waals surface area contributed by atoms with Crippen LogP contribution in [-0.4, -0.2) is 31.1 Å². The van der Waals surface area contributed by atoms with Gasteiger partial charge >= 0.3 is 0 Å². The summed E-state index contributed by atoms with van der Waals surface area (Å²) in [6, 6.07) is 16.2. The van der Waals surface area contributed by atoms with Crippen molar-refractivity contribution in [2.75, 3.05) is 25.5 Å². The number of para-hydroxylation sites is 2. The van der Waals surface area contributed by atoms with Gasteiger partial charge in [0.1, 0.15) is 5.75 Å². The number of benzene rings is 2. The van der Waals surface area contributed by atoms with Crippen LogP contribution in [-0.2, 0) is 13.1 Å². The van der Waals surface area contributed by atoms with Crippen LogP contribution in [0.3, 0.4) is 0 Å². The molecule has 1 heterocycles. The summed E-state index contributed by atoms with van der Waals surface area (Å²) >= 11 is 0. The Balaban J connectivity index is 1.66. The number of nitrogens with two attached hydrogens (primary N) is 1. The fraction of sp³-hybridized carbons (Fsp3) is 0.435. The number of nitrogens with zero attached hydrogens (tertiary/aromatic N) is 2. The predicted octanol–water partition coefficient (Wildman–Crippen LogP) is 4.10. The molecule has 2 unspecified atom stereocenters. The number of hydrogen-bond acceptors (Lipinski definition) is 3. The van der Waals surface area contributed by atoms with Gasteiger partial charge in [0, 0.05) is 19.6 Å².